The van der Waals surface area contributed by atoms with Gasteiger partial charge in [0.2, 0.25) is 5.91 Å². The number of nitro benzene ring substituents is 1. The van der Waals surface area contributed by atoms with Crippen LogP contribution >= 0.6 is 0 Å². The molecule has 162 valence electrons. The number of hydrogen-bond donors (Lipinski definition) is 1. The highest BCUT2D eigenvalue weighted by Gasteiger charge is 2.23. The lowest BCUT2D eigenvalue weighted by atomic mass is 9.92. The molecule has 2 aromatic rings. The Morgan fingerprint density at radius 2 is 1.97 bits per heavy atom. The molecule has 0 aliphatic rings. The third-order valence-corrected chi connectivity index (χ3v) is 4.42. The first kappa shape index (κ1) is 23.5. The van der Waals surface area contributed by atoms with E-state index in [4.69, 9.17) is 4.74 Å². The molecule has 0 aliphatic heterocycles. The van der Waals surface area contributed by atoms with Crippen LogP contribution < -0.4 is 5.32 Å². The molecular weight excluding hydrogens is 403 g/mol. The quantitative estimate of drug-likeness (QED) is 0.246. The van der Waals surface area contributed by atoms with Crippen LogP contribution in [0.2, 0.25) is 0 Å². The average molecular weight is 426 g/mol. The summed E-state index contributed by atoms with van der Waals surface area (Å²) in [6, 6.07) is 7.94. The summed E-state index contributed by atoms with van der Waals surface area (Å²) in [5.41, 5.74) is 0.997. The van der Waals surface area contributed by atoms with Gasteiger partial charge in [-0.25, -0.2) is 4.39 Å². The number of ether oxygens (including phenoxy) is 1. The van der Waals surface area contributed by atoms with E-state index in [-0.39, 0.29) is 30.8 Å². The van der Waals surface area contributed by atoms with Crippen molar-refractivity contribution in [3.63, 3.8) is 0 Å². The van der Waals surface area contributed by atoms with Crippen LogP contribution in [0.3, 0.4) is 0 Å². The molecule has 2 rings (SSSR count). The monoisotopic (exact) mass is 426 g/mol. The second kappa shape index (κ2) is 10.8. The predicted octanol–water partition coefficient (Wildman–Crippen LogP) is 5.14. The summed E-state index contributed by atoms with van der Waals surface area (Å²) in [4.78, 5) is 35.0. The van der Waals surface area contributed by atoms with E-state index >= 15 is 0 Å². The van der Waals surface area contributed by atoms with Crippen molar-refractivity contribution in [1.82, 2.24) is 0 Å². The molecule has 31 heavy (non-hydrogen) atoms. The van der Waals surface area contributed by atoms with E-state index in [9.17, 15) is 24.1 Å². The minimum Gasteiger partial charge on any atom is -0.466 e. The lowest BCUT2D eigenvalue weighted by Gasteiger charge is -2.17. The van der Waals surface area contributed by atoms with Gasteiger partial charge in [-0.05, 0) is 48.7 Å². The molecule has 2 aromatic carbocycles. The van der Waals surface area contributed by atoms with Gasteiger partial charge in [-0.15, -0.1) is 13.2 Å². The van der Waals surface area contributed by atoms with Gasteiger partial charge in [0.25, 0.3) is 5.69 Å². The van der Waals surface area contributed by atoms with Crippen LogP contribution in [0.5, 0.6) is 0 Å². The molecule has 0 aliphatic carbocycles. The third kappa shape index (κ3) is 6.08. The maximum absolute atomic E-state index is 14.5. The number of anilines is 1. The molecule has 0 fully saturated rings. The van der Waals surface area contributed by atoms with Crippen molar-refractivity contribution in [2.24, 2.45) is 0 Å². The highest BCUT2D eigenvalue weighted by molar-refractivity contribution is 5.96. The van der Waals surface area contributed by atoms with Gasteiger partial charge in [-0.3, -0.25) is 19.7 Å². The van der Waals surface area contributed by atoms with Crippen LogP contribution in [0.25, 0.3) is 11.1 Å². The number of hydrogen-bond acceptors (Lipinski definition) is 5. The van der Waals surface area contributed by atoms with Crippen LogP contribution in [0, 0.1) is 15.9 Å². The Morgan fingerprint density at radius 1 is 1.23 bits per heavy atom. The lowest BCUT2D eigenvalue weighted by Crippen LogP contribution is -2.16. The largest absolute Gasteiger partial charge is 0.466 e. The Kier molecular flexibility index (Phi) is 8.19. The van der Waals surface area contributed by atoms with Crippen LogP contribution in [-0.2, 0) is 14.3 Å². The van der Waals surface area contributed by atoms with E-state index in [1.54, 1.807) is 19.1 Å². The first-order valence-electron chi connectivity index (χ1n) is 9.58. The SMILES string of the molecule is C=CCC(=O)Nc1cc([N+](=O)[O-])ccc1-c1cc(F)cc(C(CC=C)C(=O)OCC)c1. The Bertz CT molecular complexity index is 1020. The number of rotatable bonds is 10. The van der Waals surface area contributed by atoms with Crippen molar-refractivity contribution in [3.05, 3.63) is 83.2 Å². The summed E-state index contributed by atoms with van der Waals surface area (Å²) in [7, 11) is 0. The summed E-state index contributed by atoms with van der Waals surface area (Å²) in [6.07, 6.45) is 3.18. The molecular formula is C23H23FN2O5. The van der Waals surface area contributed by atoms with E-state index in [1.807, 2.05) is 0 Å². The van der Waals surface area contributed by atoms with Crippen LogP contribution in [0.15, 0.2) is 61.7 Å². The summed E-state index contributed by atoms with van der Waals surface area (Å²) < 4.78 is 19.6. The van der Waals surface area contributed by atoms with E-state index < -0.39 is 28.5 Å². The van der Waals surface area contributed by atoms with Gasteiger partial charge in [0.1, 0.15) is 5.82 Å². The Balaban J connectivity index is 2.60. The molecule has 1 atom stereocenters. The number of nitro groups is 1. The first-order valence-corrected chi connectivity index (χ1v) is 9.58. The molecule has 0 saturated heterocycles. The maximum atomic E-state index is 14.5. The molecule has 1 N–H and O–H groups in total. The van der Waals surface area contributed by atoms with Crippen molar-refractivity contribution in [1.29, 1.82) is 0 Å². The Hall–Kier alpha value is -3.81. The minimum atomic E-state index is -0.760. The molecule has 8 heteroatoms. The average Bonchev–Trinajstić information content (AvgIpc) is 2.71. The zero-order chi connectivity index (χ0) is 23.0. The second-order valence-corrected chi connectivity index (χ2v) is 6.63. The molecule has 0 spiro atoms. The van der Waals surface area contributed by atoms with E-state index in [1.165, 1.54) is 36.4 Å². The smallest absolute Gasteiger partial charge is 0.313 e. The van der Waals surface area contributed by atoms with Crippen molar-refractivity contribution in [2.75, 3.05) is 11.9 Å². The topological polar surface area (TPSA) is 98.5 Å². The lowest BCUT2D eigenvalue weighted by molar-refractivity contribution is -0.384. The number of amides is 1. The number of nitrogens with one attached hydrogen (secondary N) is 1. The number of allylic oxidation sites excluding steroid dienone is 1. The minimum absolute atomic E-state index is 0.000794. The summed E-state index contributed by atoms with van der Waals surface area (Å²) in [5.74, 6) is -2.30. The predicted molar refractivity (Wildman–Crippen MR) is 116 cm³/mol. The number of halogens is 1. The fourth-order valence-corrected chi connectivity index (χ4v) is 3.08. The van der Waals surface area contributed by atoms with Gasteiger partial charge in [0.05, 0.1) is 23.1 Å². The van der Waals surface area contributed by atoms with Gasteiger partial charge >= 0.3 is 5.97 Å². The zero-order valence-electron chi connectivity index (χ0n) is 17.1. The number of esters is 1. The van der Waals surface area contributed by atoms with E-state index in [0.29, 0.717) is 16.7 Å². The number of carbonyl (C=O) groups excluding carboxylic acids is 2. The normalized spacial score (nSPS) is 11.3. The van der Waals surface area contributed by atoms with Gasteiger partial charge in [0.15, 0.2) is 0 Å². The van der Waals surface area contributed by atoms with Crippen LogP contribution in [0.4, 0.5) is 15.8 Å². The fourth-order valence-electron chi connectivity index (χ4n) is 3.08. The van der Waals surface area contributed by atoms with Gasteiger partial charge in [0, 0.05) is 24.1 Å². The second-order valence-electron chi connectivity index (χ2n) is 6.63. The first-order chi connectivity index (χ1) is 14.8. The highest BCUT2D eigenvalue weighted by Crippen LogP contribution is 2.35. The summed E-state index contributed by atoms with van der Waals surface area (Å²) in [5, 5.41) is 13.8. The number of benzene rings is 2. The van der Waals surface area contributed by atoms with Gasteiger partial charge in [-0.2, -0.15) is 0 Å². The number of carbonyl (C=O) groups is 2. The highest BCUT2D eigenvalue weighted by atomic mass is 19.1. The molecule has 1 unspecified atom stereocenters. The Labute approximate surface area is 179 Å². The standard InChI is InChI=1S/C23H23FN2O5/c1-4-7-20(23(28)31-6-3)16-11-15(12-17(24)13-16)19-10-9-18(26(29)30)14-21(19)25-22(27)8-5-2/h4-5,9-14,20H,1-2,6-8H2,3H3,(H,25,27). The van der Waals surface area contributed by atoms with Crippen molar-refractivity contribution < 1.29 is 23.6 Å². The third-order valence-electron chi connectivity index (χ3n) is 4.42. The van der Waals surface area contributed by atoms with Crippen LogP contribution in [-0.4, -0.2) is 23.4 Å². The maximum Gasteiger partial charge on any atom is 0.313 e. The Morgan fingerprint density at radius 3 is 2.58 bits per heavy atom. The van der Waals surface area contributed by atoms with Crippen molar-refractivity contribution in [3.8, 4) is 11.1 Å². The van der Waals surface area contributed by atoms with Gasteiger partial charge in [-0.1, -0.05) is 12.2 Å². The number of nitrogens with zero attached hydrogens (tertiary/aromatic N) is 1. The number of non-ortho nitro benzene ring substituents is 1. The molecule has 0 radical (unpaired) electrons. The zero-order valence-corrected chi connectivity index (χ0v) is 17.1. The molecule has 0 bridgehead atoms. The summed E-state index contributed by atoms with van der Waals surface area (Å²) >= 11 is 0. The molecule has 1 amide bonds. The molecule has 7 nitrogen and oxygen atoms in total. The fraction of sp³-hybridized carbons (Fsp3) is 0.217. The molecule has 0 aromatic heterocycles. The molecule has 0 saturated carbocycles. The van der Waals surface area contributed by atoms with Crippen molar-refractivity contribution in [2.45, 2.75) is 25.7 Å². The van der Waals surface area contributed by atoms with E-state index in [0.717, 1.165) is 0 Å². The molecule has 0 heterocycles. The summed E-state index contributed by atoms with van der Waals surface area (Å²) in [6.45, 7) is 8.98. The van der Waals surface area contributed by atoms with Gasteiger partial charge < -0.3 is 10.1 Å². The van der Waals surface area contributed by atoms with Crippen LogP contribution in [0.1, 0.15) is 31.2 Å². The van der Waals surface area contributed by atoms with E-state index in [2.05, 4.69) is 18.5 Å². The van der Waals surface area contributed by atoms with Crippen molar-refractivity contribution >= 4 is 23.3 Å².